The lowest BCUT2D eigenvalue weighted by atomic mass is 10.2. The van der Waals surface area contributed by atoms with Crippen molar-refractivity contribution in [3.8, 4) is 0 Å². The lowest BCUT2D eigenvalue weighted by Crippen LogP contribution is -2.50. The second-order valence-electron chi connectivity index (χ2n) is 6.58. The van der Waals surface area contributed by atoms with Crippen LogP contribution in [-0.4, -0.2) is 69.8 Å². The van der Waals surface area contributed by atoms with Crippen molar-refractivity contribution in [3.05, 3.63) is 23.8 Å². The van der Waals surface area contributed by atoms with Crippen molar-refractivity contribution >= 4 is 37.5 Å². The highest BCUT2D eigenvalue weighted by molar-refractivity contribution is 7.94. The van der Waals surface area contributed by atoms with Crippen LogP contribution in [-0.2, 0) is 29.6 Å². The minimum absolute atomic E-state index is 0.0616. The molecule has 2 aliphatic rings. The van der Waals surface area contributed by atoms with E-state index in [1.807, 2.05) is 0 Å². The van der Waals surface area contributed by atoms with Gasteiger partial charge < -0.3 is 4.90 Å². The highest BCUT2D eigenvalue weighted by Gasteiger charge is 2.37. The minimum Gasteiger partial charge on any atom is -0.340 e. The fraction of sp³-hybridized carbons (Fsp3) is 0.500. The molecule has 27 heavy (non-hydrogen) atoms. The first-order valence-corrected chi connectivity index (χ1v) is 11.5. The molecular formula is C16H21N3O6S2. The summed E-state index contributed by atoms with van der Waals surface area (Å²) in [4.78, 5) is 25.0. The predicted octanol–water partition coefficient (Wildman–Crippen LogP) is -0.0857. The Morgan fingerprint density at radius 1 is 1.11 bits per heavy atom. The van der Waals surface area contributed by atoms with E-state index in [0.717, 1.165) is 4.31 Å². The molecule has 0 spiro atoms. The predicted molar refractivity (Wildman–Crippen MR) is 98.1 cm³/mol. The number of hydrogen-bond donors (Lipinski definition) is 0. The summed E-state index contributed by atoms with van der Waals surface area (Å²) in [5, 5.41) is 0. The van der Waals surface area contributed by atoms with Crippen LogP contribution in [0.4, 0.5) is 5.69 Å². The molecule has 0 unspecified atom stereocenters. The van der Waals surface area contributed by atoms with Gasteiger partial charge in [0.05, 0.1) is 16.3 Å². The molecule has 1 aromatic carbocycles. The molecule has 148 valence electrons. The van der Waals surface area contributed by atoms with Crippen LogP contribution < -0.4 is 4.31 Å². The zero-order chi connectivity index (χ0) is 20.0. The highest BCUT2D eigenvalue weighted by Crippen LogP contribution is 2.30. The molecule has 1 aromatic rings. The molecule has 0 aliphatic carbocycles. The first-order valence-electron chi connectivity index (χ1n) is 8.46. The molecular weight excluding hydrogens is 394 g/mol. The topological polar surface area (TPSA) is 112 Å². The van der Waals surface area contributed by atoms with Crippen molar-refractivity contribution < 1.29 is 26.4 Å². The summed E-state index contributed by atoms with van der Waals surface area (Å²) >= 11 is 0. The molecule has 2 saturated heterocycles. The number of benzene rings is 1. The van der Waals surface area contributed by atoms with Crippen LogP contribution in [0.2, 0.25) is 0 Å². The Morgan fingerprint density at radius 2 is 1.74 bits per heavy atom. The molecule has 0 aromatic heterocycles. The summed E-state index contributed by atoms with van der Waals surface area (Å²) in [6.07, 6.45) is -0.0815. The number of piperazine rings is 1. The number of aryl methyl sites for hydroxylation is 1. The number of nitrogens with zero attached hydrogens (tertiary/aromatic N) is 3. The van der Waals surface area contributed by atoms with Gasteiger partial charge >= 0.3 is 0 Å². The van der Waals surface area contributed by atoms with E-state index in [0.29, 0.717) is 18.7 Å². The lowest BCUT2D eigenvalue weighted by molar-refractivity contribution is -0.130. The molecule has 11 heteroatoms. The summed E-state index contributed by atoms with van der Waals surface area (Å²) in [6, 6.07) is 4.07. The Kier molecular flexibility index (Phi) is 5.04. The Bertz CT molecular complexity index is 995. The number of carbonyl (C=O) groups excluding carboxylic acids is 2. The Labute approximate surface area is 158 Å². The van der Waals surface area contributed by atoms with Gasteiger partial charge in [-0.15, -0.1) is 0 Å². The molecule has 2 fully saturated rings. The van der Waals surface area contributed by atoms with Gasteiger partial charge in [-0.1, -0.05) is 0 Å². The van der Waals surface area contributed by atoms with Gasteiger partial charge in [0.15, 0.2) is 0 Å². The van der Waals surface area contributed by atoms with Gasteiger partial charge in [-0.3, -0.25) is 9.59 Å². The van der Waals surface area contributed by atoms with Crippen molar-refractivity contribution in [1.82, 2.24) is 9.21 Å². The number of amides is 2. The molecule has 2 aliphatic heterocycles. The van der Waals surface area contributed by atoms with E-state index in [-0.39, 0.29) is 41.8 Å². The third-order valence-corrected chi connectivity index (χ3v) is 8.52. The standard InChI is InChI=1S/C16H21N3O6S2/c1-12-11-14(19-16(21)5-10-26(19,22)23)3-4-15(12)27(24,25)18-8-6-17(7-9-18)13(2)20/h3-4,11H,5-10H2,1-2H3. The number of rotatable bonds is 3. The third-order valence-electron chi connectivity index (χ3n) is 4.77. The molecule has 2 amide bonds. The van der Waals surface area contributed by atoms with Crippen molar-refractivity contribution in [3.63, 3.8) is 0 Å². The van der Waals surface area contributed by atoms with Crippen molar-refractivity contribution in [2.45, 2.75) is 25.2 Å². The quantitative estimate of drug-likeness (QED) is 0.682. The number of sulfonamides is 2. The Morgan fingerprint density at radius 3 is 2.22 bits per heavy atom. The summed E-state index contributed by atoms with van der Waals surface area (Å²) in [5.41, 5.74) is 0.506. The molecule has 2 heterocycles. The maximum atomic E-state index is 12.9. The summed E-state index contributed by atoms with van der Waals surface area (Å²) in [5.74, 6) is -0.861. The van der Waals surface area contributed by atoms with E-state index in [2.05, 4.69) is 0 Å². The minimum atomic E-state index is -3.78. The zero-order valence-corrected chi connectivity index (χ0v) is 16.7. The van der Waals surface area contributed by atoms with E-state index in [4.69, 9.17) is 0 Å². The van der Waals surface area contributed by atoms with Crippen molar-refractivity contribution in [1.29, 1.82) is 0 Å². The molecule has 0 N–H and O–H groups in total. The second kappa shape index (κ2) is 6.88. The maximum absolute atomic E-state index is 12.9. The lowest BCUT2D eigenvalue weighted by Gasteiger charge is -2.33. The normalized spacial score (nSPS) is 20.9. The van der Waals surface area contributed by atoms with Crippen LogP contribution >= 0.6 is 0 Å². The van der Waals surface area contributed by atoms with Crippen molar-refractivity contribution in [2.75, 3.05) is 36.2 Å². The van der Waals surface area contributed by atoms with E-state index in [1.165, 1.54) is 29.4 Å². The first-order chi connectivity index (χ1) is 12.5. The first kappa shape index (κ1) is 19.8. The molecule has 9 nitrogen and oxygen atoms in total. The highest BCUT2D eigenvalue weighted by atomic mass is 32.2. The van der Waals surface area contributed by atoms with Gasteiger partial charge in [-0.05, 0) is 30.7 Å². The largest absolute Gasteiger partial charge is 0.340 e. The van der Waals surface area contributed by atoms with Gasteiger partial charge in [-0.25, -0.2) is 21.1 Å². The average Bonchev–Trinajstić information content (AvgIpc) is 2.87. The van der Waals surface area contributed by atoms with Gasteiger partial charge in [-0.2, -0.15) is 4.31 Å². The van der Waals surface area contributed by atoms with Crippen LogP contribution in [0.15, 0.2) is 23.1 Å². The fourth-order valence-corrected chi connectivity index (χ4v) is 6.38. The second-order valence-corrected chi connectivity index (χ2v) is 10.4. The number of hydrogen-bond acceptors (Lipinski definition) is 6. The Hall–Kier alpha value is -1.98. The number of anilines is 1. The van der Waals surface area contributed by atoms with Crippen molar-refractivity contribution in [2.24, 2.45) is 0 Å². The van der Waals surface area contributed by atoms with E-state index >= 15 is 0 Å². The van der Waals surface area contributed by atoms with E-state index < -0.39 is 26.0 Å². The fourth-order valence-electron chi connectivity index (χ4n) is 3.30. The van der Waals surface area contributed by atoms with Crippen LogP contribution in [0.5, 0.6) is 0 Å². The van der Waals surface area contributed by atoms with Gasteiger partial charge in [0.25, 0.3) is 0 Å². The van der Waals surface area contributed by atoms with Gasteiger partial charge in [0.2, 0.25) is 31.9 Å². The SMILES string of the molecule is CC(=O)N1CCN(S(=O)(=O)c2ccc(N3C(=O)CCS3(=O)=O)cc2C)CC1. The molecule has 0 saturated carbocycles. The average molecular weight is 415 g/mol. The number of carbonyl (C=O) groups is 2. The zero-order valence-electron chi connectivity index (χ0n) is 15.1. The van der Waals surface area contributed by atoms with E-state index in [9.17, 15) is 26.4 Å². The Balaban J connectivity index is 1.88. The maximum Gasteiger partial charge on any atom is 0.243 e. The van der Waals surface area contributed by atoms with Crippen LogP contribution in [0, 0.1) is 6.92 Å². The van der Waals surface area contributed by atoms with Crippen LogP contribution in [0.1, 0.15) is 18.9 Å². The van der Waals surface area contributed by atoms with Gasteiger partial charge in [0, 0.05) is 39.5 Å². The molecule has 0 radical (unpaired) electrons. The summed E-state index contributed by atoms with van der Waals surface area (Å²) in [7, 11) is -7.48. The molecule has 0 atom stereocenters. The smallest absolute Gasteiger partial charge is 0.243 e. The monoisotopic (exact) mass is 415 g/mol. The molecule has 0 bridgehead atoms. The summed E-state index contributed by atoms with van der Waals surface area (Å²) < 4.78 is 52.0. The summed E-state index contributed by atoms with van der Waals surface area (Å²) in [6.45, 7) is 4.05. The van der Waals surface area contributed by atoms with Crippen LogP contribution in [0.25, 0.3) is 0 Å². The van der Waals surface area contributed by atoms with E-state index in [1.54, 1.807) is 11.8 Å². The molecule has 3 rings (SSSR count). The van der Waals surface area contributed by atoms with Gasteiger partial charge in [0.1, 0.15) is 0 Å². The third kappa shape index (κ3) is 3.58. The van der Waals surface area contributed by atoms with Crippen LogP contribution in [0.3, 0.4) is 0 Å².